The van der Waals surface area contributed by atoms with Crippen molar-refractivity contribution in [3.8, 4) is 5.75 Å². The average Bonchev–Trinajstić information content (AvgIpc) is 3.01. The summed E-state index contributed by atoms with van der Waals surface area (Å²) in [5.41, 5.74) is 2.23. The molecule has 0 saturated heterocycles. The molecule has 1 amide bonds. The largest absolute Gasteiger partial charge is 0.481 e. The lowest BCUT2D eigenvalue weighted by molar-refractivity contribution is -0.127. The van der Waals surface area contributed by atoms with Gasteiger partial charge in [0.15, 0.2) is 6.10 Å². The minimum Gasteiger partial charge on any atom is -0.481 e. The summed E-state index contributed by atoms with van der Waals surface area (Å²) in [6.45, 7) is 6.41. The molecule has 2 rings (SSSR count). The van der Waals surface area contributed by atoms with Crippen LogP contribution in [0.1, 0.15) is 30.2 Å². The molecule has 0 spiro atoms. The van der Waals surface area contributed by atoms with Crippen LogP contribution >= 0.6 is 0 Å². The number of carbonyl (C=O) groups is 1. The van der Waals surface area contributed by atoms with Crippen molar-refractivity contribution in [2.45, 2.75) is 39.7 Å². The minimum absolute atomic E-state index is 0.0969. The van der Waals surface area contributed by atoms with E-state index in [1.165, 1.54) is 0 Å². The number of nitrogens with one attached hydrogen (secondary N) is 1. The second kappa shape index (κ2) is 7.69. The van der Waals surface area contributed by atoms with E-state index in [1.807, 2.05) is 44.2 Å². The van der Waals surface area contributed by atoms with Gasteiger partial charge >= 0.3 is 0 Å². The van der Waals surface area contributed by atoms with E-state index in [2.05, 4.69) is 5.32 Å². The lowest BCUT2D eigenvalue weighted by atomic mass is 10.1. The molecular formula is C18H23NO3. The summed E-state index contributed by atoms with van der Waals surface area (Å²) in [5, 5.41) is 2.89. The zero-order valence-corrected chi connectivity index (χ0v) is 13.4. The molecule has 0 radical (unpaired) electrons. The van der Waals surface area contributed by atoms with Crippen molar-refractivity contribution in [3.63, 3.8) is 0 Å². The molecule has 1 aromatic heterocycles. The lowest BCUT2D eigenvalue weighted by Gasteiger charge is -2.17. The summed E-state index contributed by atoms with van der Waals surface area (Å²) < 4.78 is 11.0. The van der Waals surface area contributed by atoms with Crippen molar-refractivity contribution in [1.82, 2.24) is 5.32 Å². The molecule has 0 bridgehead atoms. The molecule has 0 fully saturated rings. The zero-order valence-electron chi connectivity index (χ0n) is 13.4. The molecule has 0 saturated carbocycles. The second-order valence-electron chi connectivity index (χ2n) is 5.43. The molecule has 1 heterocycles. The third-order valence-electron chi connectivity index (χ3n) is 3.71. The van der Waals surface area contributed by atoms with Gasteiger partial charge in [-0.25, -0.2) is 0 Å². The van der Waals surface area contributed by atoms with Gasteiger partial charge in [-0.2, -0.15) is 0 Å². The first-order valence-corrected chi connectivity index (χ1v) is 7.61. The van der Waals surface area contributed by atoms with E-state index in [1.54, 1.807) is 13.2 Å². The van der Waals surface area contributed by atoms with Crippen LogP contribution in [0.5, 0.6) is 5.75 Å². The number of ether oxygens (including phenoxy) is 1. The molecule has 1 N–H and O–H groups in total. The molecule has 0 aliphatic carbocycles. The van der Waals surface area contributed by atoms with Gasteiger partial charge in [-0.3, -0.25) is 4.79 Å². The molecule has 118 valence electrons. The summed E-state index contributed by atoms with van der Waals surface area (Å²) in [5.74, 6) is 1.60. The van der Waals surface area contributed by atoms with Crippen molar-refractivity contribution >= 4 is 5.91 Å². The summed E-state index contributed by atoms with van der Waals surface area (Å²) in [7, 11) is 0. The van der Waals surface area contributed by atoms with Gasteiger partial charge in [0.25, 0.3) is 5.91 Å². The van der Waals surface area contributed by atoms with Crippen LogP contribution in [0.2, 0.25) is 0 Å². The molecule has 4 nitrogen and oxygen atoms in total. The SMILES string of the molecule is Cc1cccc(OC(C)C(=O)NCCCc2ccco2)c1C. The standard InChI is InChI=1S/C18H23NO3/c1-13-7-4-10-17(14(13)2)22-15(3)18(20)19-11-5-8-16-9-6-12-21-16/h4,6-7,9-10,12,15H,5,8,11H2,1-3H3,(H,19,20). The number of benzene rings is 1. The Morgan fingerprint density at radius 3 is 2.82 bits per heavy atom. The fourth-order valence-electron chi connectivity index (χ4n) is 2.17. The van der Waals surface area contributed by atoms with Gasteiger partial charge in [0.1, 0.15) is 11.5 Å². The maximum absolute atomic E-state index is 12.0. The Hall–Kier alpha value is -2.23. The summed E-state index contributed by atoms with van der Waals surface area (Å²) in [4.78, 5) is 12.0. The molecule has 1 atom stereocenters. The van der Waals surface area contributed by atoms with Gasteiger partial charge in [0.2, 0.25) is 0 Å². The Labute approximate surface area is 131 Å². The van der Waals surface area contributed by atoms with Crippen LogP contribution in [-0.2, 0) is 11.2 Å². The van der Waals surface area contributed by atoms with Crippen LogP contribution < -0.4 is 10.1 Å². The number of amides is 1. The first-order valence-electron chi connectivity index (χ1n) is 7.61. The van der Waals surface area contributed by atoms with Crippen molar-refractivity contribution in [3.05, 3.63) is 53.5 Å². The van der Waals surface area contributed by atoms with Crippen molar-refractivity contribution < 1.29 is 13.9 Å². The van der Waals surface area contributed by atoms with Crippen molar-refractivity contribution in [2.75, 3.05) is 6.54 Å². The van der Waals surface area contributed by atoms with E-state index in [0.717, 1.165) is 35.5 Å². The first kappa shape index (κ1) is 16.1. The van der Waals surface area contributed by atoms with E-state index in [0.29, 0.717) is 6.54 Å². The molecule has 0 aliphatic heterocycles. The maximum Gasteiger partial charge on any atom is 0.260 e. The molecule has 1 unspecified atom stereocenters. The van der Waals surface area contributed by atoms with Gasteiger partial charge in [0, 0.05) is 13.0 Å². The number of hydrogen-bond donors (Lipinski definition) is 1. The highest BCUT2D eigenvalue weighted by atomic mass is 16.5. The Morgan fingerprint density at radius 1 is 1.27 bits per heavy atom. The smallest absolute Gasteiger partial charge is 0.260 e. The molecule has 0 aliphatic rings. The van der Waals surface area contributed by atoms with Crippen LogP contribution in [-0.4, -0.2) is 18.6 Å². The summed E-state index contributed by atoms with van der Waals surface area (Å²) >= 11 is 0. The van der Waals surface area contributed by atoms with Crippen LogP contribution in [0.4, 0.5) is 0 Å². The van der Waals surface area contributed by atoms with Gasteiger partial charge in [-0.1, -0.05) is 12.1 Å². The van der Waals surface area contributed by atoms with Gasteiger partial charge in [0.05, 0.1) is 6.26 Å². The quantitative estimate of drug-likeness (QED) is 0.797. The maximum atomic E-state index is 12.0. The van der Waals surface area contributed by atoms with Crippen molar-refractivity contribution in [2.24, 2.45) is 0 Å². The average molecular weight is 301 g/mol. The molecule has 1 aromatic carbocycles. The fourth-order valence-corrected chi connectivity index (χ4v) is 2.17. The lowest BCUT2D eigenvalue weighted by Crippen LogP contribution is -2.37. The van der Waals surface area contributed by atoms with Gasteiger partial charge < -0.3 is 14.5 Å². The van der Waals surface area contributed by atoms with Crippen molar-refractivity contribution in [1.29, 1.82) is 0 Å². The number of hydrogen-bond acceptors (Lipinski definition) is 3. The van der Waals surface area contributed by atoms with Gasteiger partial charge in [-0.05, 0) is 56.5 Å². The van der Waals surface area contributed by atoms with Crippen LogP contribution in [0, 0.1) is 13.8 Å². The van der Waals surface area contributed by atoms with Gasteiger partial charge in [-0.15, -0.1) is 0 Å². The molecule has 2 aromatic rings. The van der Waals surface area contributed by atoms with E-state index < -0.39 is 6.10 Å². The normalized spacial score (nSPS) is 12.0. The predicted molar refractivity (Wildman–Crippen MR) is 86.0 cm³/mol. The number of furan rings is 1. The van der Waals surface area contributed by atoms with Crippen LogP contribution in [0.3, 0.4) is 0 Å². The Balaban J connectivity index is 1.76. The first-order chi connectivity index (χ1) is 10.6. The van der Waals surface area contributed by atoms with E-state index in [-0.39, 0.29) is 5.91 Å². The van der Waals surface area contributed by atoms with E-state index in [4.69, 9.17) is 9.15 Å². The highest BCUT2D eigenvalue weighted by Gasteiger charge is 2.15. The van der Waals surface area contributed by atoms with E-state index >= 15 is 0 Å². The zero-order chi connectivity index (χ0) is 15.9. The van der Waals surface area contributed by atoms with Crippen LogP contribution in [0.15, 0.2) is 41.0 Å². The van der Waals surface area contributed by atoms with E-state index in [9.17, 15) is 4.79 Å². The number of rotatable bonds is 7. The Bertz CT molecular complexity index is 605. The highest BCUT2D eigenvalue weighted by molar-refractivity contribution is 5.80. The monoisotopic (exact) mass is 301 g/mol. The second-order valence-corrected chi connectivity index (χ2v) is 5.43. The molecule has 4 heteroatoms. The third kappa shape index (κ3) is 4.38. The number of carbonyl (C=O) groups excluding carboxylic acids is 1. The fraction of sp³-hybridized carbons (Fsp3) is 0.389. The molecule has 22 heavy (non-hydrogen) atoms. The summed E-state index contributed by atoms with van der Waals surface area (Å²) in [6.07, 6.45) is 2.81. The third-order valence-corrected chi connectivity index (χ3v) is 3.71. The van der Waals surface area contributed by atoms with Crippen LogP contribution in [0.25, 0.3) is 0 Å². The topological polar surface area (TPSA) is 51.5 Å². The predicted octanol–water partition coefficient (Wildman–Crippen LogP) is 3.41. The molecular weight excluding hydrogens is 278 g/mol. The number of aryl methyl sites for hydroxylation is 2. The Morgan fingerprint density at radius 2 is 2.09 bits per heavy atom. The summed E-state index contributed by atoms with van der Waals surface area (Å²) in [6, 6.07) is 9.66. The minimum atomic E-state index is -0.510. The highest BCUT2D eigenvalue weighted by Crippen LogP contribution is 2.21. The Kier molecular flexibility index (Phi) is 5.64.